The fraction of sp³-hybridized carbons (Fsp3) is 0.375. The number of piperazine rings is 1. The molecular weight excluding hydrogens is 424 g/mol. The first-order chi connectivity index (χ1) is 15.7. The summed E-state index contributed by atoms with van der Waals surface area (Å²) in [6.07, 6.45) is 4.39. The van der Waals surface area contributed by atoms with Crippen molar-refractivity contribution in [3.8, 4) is 0 Å². The van der Waals surface area contributed by atoms with E-state index in [2.05, 4.69) is 9.88 Å². The molecule has 1 N–H and O–H groups in total. The van der Waals surface area contributed by atoms with Crippen LogP contribution in [0.15, 0.2) is 39.5 Å². The lowest BCUT2D eigenvalue weighted by Crippen LogP contribution is -2.48. The minimum absolute atomic E-state index is 0.0110. The highest BCUT2D eigenvalue weighted by molar-refractivity contribution is 7.18. The zero-order valence-electron chi connectivity index (χ0n) is 17.7. The number of nitrogens with one attached hydrogen (secondary N) is 1. The number of H-pyrrole nitrogens is 1. The lowest BCUT2D eigenvalue weighted by molar-refractivity contribution is 0.0597. The van der Waals surface area contributed by atoms with Gasteiger partial charge in [-0.05, 0) is 43.4 Å². The number of amides is 1. The van der Waals surface area contributed by atoms with Crippen LogP contribution < -0.4 is 5.56 Å². The standard InChI is InChI=1S/C24H24N4O3S/c29-22-21-16-6-2-4-8-19(16)32-23(21)26-20(25-22)14-27-9-11-28(12-10-27)24(30)18-13-15-5-1-3-7-17(15)31-18/h1,3,5,7,13H,2,4,6,8-12,14H2,(H,25,26,29). The van der Waals surface area contributed by atoms with Crippen LogP contribution >= 0.6 is 11.3 Å². The van der Waals surface area contributed by atoms with Crippen LogP contribution in [0.25, 0.3) is 21.2 Å². The van der Waals surface area contributed by atoms with Gasteiger partial charge in [-0.3, -0.25) is 14.5 Å². The summed E-state index contributed by atoms with van der Waals surface area (Å²) in [6, 6.07) is 9.47. The summed E-state index contributed by atoms with van der Waals surface area (Å²) in [6.45, 7) is 3.29. The van der Waals surface area contributed by atoms with E-state index in [1.807, 2.05) is 35.2 Å². The number of para-hydroxylation sites is 1. The molecule has 0 saturated carbocycles. The number of rotatable bonds is 3. The minimum atomic E-state index is -0.0713. The van der Waals surface area contributed by atoms with Crippen LogP contribution in [0.3, 0.4) is 0 Å². The number of benzene rings is 1. The van der Waals surface area contributed by atoms with E-state index in [0.29, 0.717) is 31.2 Å². The zero-order valence-corrected chi connectivity index (χ0v) is 18.5. The van der Waals surface area contributed by atoms with Crippen LogP contribution in [0.5, 0.6) is 0 Å². The van der Waals surface area contributed by atoms with E-state index in [9.17, 15) is 9.59 Å². The van der Waals surface area contributed by atoms with Crippen LogP contribution in [-0.4, -0.2) is 51.9 Å². The van der Waals surface area contributed by atoms with Gasteiger partial charge in [0, 0.05) is 36.4 Å². The van der Waals surface area contributed by atoms with Gasteiger partial charge in [-0.2, -0.15) is 0 Å². The topological polar surface area (TPSA) is 82.4 Å². The Morgan fingerprint density at radius 3 is 2.78 bits per heavy atom. The molecule has 32 heavy (non-hydrogen) atoms. The van der Waals surface area contributed by atoms with Crippen molar-refractivity contribution in [1.82, 2.24) is 19.8 Å². The fourth-order valence-electron chi connectivity index (χ4n) is 4.85. The molecule has 7 nitrogen and oxygen atoms in total. The summed E-state index contributed by atoms with van der Waals surface area (Å²) >= 11 is 1.68. The second-order valence-electron chi connectivity index (χ2n) is 8.62. The molecule has 8 heteroatoms. The molecule has 4 heterocycles. The normalized spacial score (nSPS) is 17.2. The van der Waals surface area contributed by atoms with Crippen molar-refractivity contribution >= 4 is 38.4 Å². The molecular formula is C24H24N4O3S. The number of hydrogen-bond acceptors (Lipinski definition) is 6. The number of aryl methyl sites for hydroxylation is 2. The fourth-order valence-corrected chi connectivity index (χ4v) is 6.13. The van der Waals surface area contributed by atoms with E-state index in [1.165, 1.54) is 16.9 Å². The Hall–Kier alpha value is -2.97. The molecule has 1 aliphatic carbocycles. The molecule has 0 atom stereocenters. The third-order valence-corrected chi connectivity index (χ3v) is 7.73. The van der Waals surface area contributed by atoms with Crippen molar-refractivity contribution in [1.29, 1.82) is 0 Å². The SMILES string of the molecule is O=C(c1cc2ccccc2o1)N1CCN(Cc2nc3sc4c(c3c(=O)[nH]2)CCCC4)CC1. The number of nitrogens with zero attached hydrogens (tertiary/aromatic N) is 3. The third-order valence-electron chi connectivity index (χ3n) is 6.54. The van der Waals surface area contributed by atoms with Crippen molar-refractivity contribution in [2.45, 2.75) is 32.2 Å². The Bertz CT molecular complexity index is 1340. The number of carbonyl (C=O) groups excluding carboxylic acids is 1. The second-order valence-corrected chi connectivity index (χ2v) is 9.70. The molecule has 1 amide bonds. The van der Waals surface area contributed by atoms with Gasteiger partial charge in [0.15, 0.2) is 5.76 Å². The highest BCUT2D eigenvalue weighted by Gasteiger charge is 2.25. The van der Waals surface area contributed by atoms with Gasteiger partial charge in [0.25, 0.3) is 11.5 Å². The molecule has 1 saturated heterocycles. The van der Waals surface area contributed by atoms with E-state index in [-0.39, 0.29) is 11.5 Å². The number of aromatic amines is 1. The molecule has 3 aromatic heterocycles. The number of furan rings is 1. The average molecular weight is 449 g/mol. The van der Waals surface area contributed by atoms with Crippen LogP contribution in [0, 0.1) is 0 Å². The molecule has 2 aliphatic rings. The summed E-state index contributed by atoms with van der Waals surface area (Å²) < 4.78 is 5.74. The van der Waals surface area contributed by atoms with Gasteiger partial charge in [0.1, 0.15) is 16.2 Å². The van der Waals surface area contributed by atoms with Gasteiger partial charge >= 0.3 is 0 Å². The van der Waals surface area contributed by atoms with Gasteiger partial charge < -0.3 is 14.3 Å². The van der Waals surface area contributed by atoms with Crippen molar-refractivity contribution < 1.29 is 9.21 Å². The van der Waals surface area contributed by atoms with Gasteiger partial charge in [-0.25, -0.2) is 4.98 Å². The van der Waals surface area contributed by atoms with E-state index in [4.69, 9.17) is 9.40 Å². The van der Waals surface area contributed by atoms with Gasteiger partial charge in [-0.1, -0.05) is 18.2 Å². The Morgan fingerprint density at radius 2 is 1.94 bits per heavy atom. The molecule has 164 valence electrons. The summed E-state index contributed by atoms with van der Waals surface area (Å²) in [5.41, 5.74) is 1.94. The number of carbonyl (C=O) groups is 1. The summed E-state index contributed by atoms with van der Waals surface area (Å²) in [5, 5.41) is 1.74. The molecule has 0 spiro atoms. The lowest BCUT2D eigenvalue weighted by Gasteiger charge is -2.33. The molecule has 4 aromatic rings. The first-order valence-corrected chi connectivity index (χ1v) is 12.0. The highest BCUT2D eigenvalue weighted by atomic mass is 32.1. The summed E-state index contributed by atoms with van der Waals surface area (Å²) in [7, 11) is 0. The van der Waals surface area contributed by atoms with Crippen molar-refractivity contribution in [3.05, 3.63) is 62.7 Å². The maximum Gasteiger partial charge on any atom is 0.289 e. The smallest absolute Gasteiger partial charge is 0.289 e. The summed E-state index contributed by atoms with van der Waals surface area (Å²) in [5.74, 6) is 1.02. The number of hydrogen-bond donors (Lipinski definition) is 1. The lowest BCUT2D eigenvalue weighted by atomic mass is 9.97. The quantitative estimate of drug-likeness (QED) is 0.518. The third kappa shape index (κ3) is 3.43. The molecule has 1 fully saturated rings. The predicted octanol–water partition coefficient (Wildman–Crippen LogP) is 3.57. The maximum atomic E-state index is 12.9. The van der Waals surface area contributed by atoms with E-state index < -0.39 is 0 Å². The van der Waals surface area contributed by atoms with Crippen LogP contribution in [-0.2, 0) is 19.4 Å². The second kappa shape index (κ2) is 7.86. The van der Waals surface area contributed by atoms with E-state index in [1.54, 1.807) is 11.3 Å². The number of thiophene rings is 1. The highest BCUT2D eigenvalue weighted by Crippen LogP contribution is 2.33. The molecule has 1 aliphatic heterocycles. The van der Waals surface area contributed by atoms with Gasteiger partial charge in [-0.15, -0.1) is 11.3 Å². The van der Waals surface area contributed by atoms with Crippen molar-refractivity contribution in [3.63, 3.8) is 0 Å². The van der Waals surface area contributed by atoms with Crippen LogP contribution in [0.4, 0.5) is 0 Å². The van der Waals surface area contributed by atoms with Gasteiger partial charge in [0.2, 0.25) is 0 Å². The van der Waals surface area contributed by atoms with Crippen LogP contribution in [0.1, 0.15) is 39.7 Å². The number of fused-ring (bicyclic) bond motifs is 4. The Labute approximate surface area is 188 Å². The first-order valence-electron chi connectivity index (χ1n) is 11.2. The first kappa shape index (κ1) is 19.7. The minimum Gasteiger partial charge on any atom is -0.451 e. The largest absolute Gasteiger partial charge is 0.451 e. The predicted molar refractivity (Wildman–Crippen MR) is 124 cm³/mol. The Balaban J connectivity index is 1.14. The Morgan fingerprint density at radius 1 is 1.12 bits per heavy atom. The molecule has 0 unspecified atom stereocenters. The van der Waals surface area contributed by atoms with Crippen LogP contribution in [0.2, 0.25) is 0 Å². The Kier molecular flexibility index (Phi) is 4.84. The zero-order chi connectivity index (χ0) is 21.7. The molecule has 1 aromatic carbocycles. The van der Waals surface area contributed by atoms with Gasteiger partial charge in [0.05, 0.1) is 11.9 Å². The average Bonchev–Trinajstić information content (AvgIpc) is 3.40. The van der Waals surface area contributed by atoms with Crippen molar-refractivity contribution in [2.24, 2.45) is 0 Å². The van der Waals surface area contributed by atoms with E-state index in [0.717, 1.165) is 53.5 Å². The molecule has 0 bridgehead atoms. The molecule has 6 rings (SSSR count). The maximum absolute atomic E-state index is 12.9. The van der Waals surface area contributed by atoms with E-state index >= 15 is 0 Å². The van der Waals surface area contributed by atoms with Crippen molar-refractivity contribution in [2.75, 3.05) is 26.2 Å². The monoisotopic (exact) mass is 448 g/mol. The number of aromatic nitrogens is 2. The summed E-state index contributed by atoms with van der Waals surface area (Å²) in [4.78, 5) is 39.7. The molecule has 0 radical (unpaired) electrons.